The summed E-state index contributed by atoms with van der Waals surface area (Å²) >= 11 is 0. The van der Waals surface area contributed by atoms with E-state index in [1.807, 2.05) is 0 Å². The van der Waals surface area contributed by atoms with Crippen molar-refractivity contribution in [3.05, 3.63) is 0 Å². The lowest BCUT2D eigenvalue weighted by Crippen LogP contribution is -2.25. The fourth-order valence-corrected chi connectivity index (χ4v) is 2.77. The molecule has 0 amide bonds. The number of hydrogen-bond donors (Lipinski definition) is 1. The van der Waals surface area contributed by atoms with Crippen molar-refractivity contribution in [1.29, 1.82) is 0 Å². The van der Waals surface area contributed by atoms with E-state index in [1.165, 1.54) is 25.7 Å². The Kier molecular flexibility index (Phi) is 2.77. The summed E-state index contributed by atoms with van der Waals surface area (Å²) in [7, 11) is 0. The van der Waals surface area contributed by atoms with Crippen molar-refractivity contribution in [3.8, 4) is 0 Å². The first-order chi connectivity index (χ1) is 6.70. The van der Waals surface area contributed by atoms with Crippen LogP contribution in [0.3, 0.4) is 0 Å². The van der Waals surface area contributed by atoms with Gasteiger partial charge in [0.2, 0.25) is 0 Å². The van der Waals surface area contributed by atoms with Gasteiger partial charge >= 0.3 is 5.97 Å². The Morgan fingerprint density at radius 2 is 2.07 bits per heavy atom. The van der Waals surface area contributed by atoms with Crippen LogP contribution in [0.25, 0.3) is 0 Å². The van der Waals surface area contributed by atoms with Crippen LogP contribution in [-0.2, 0) is 9.53 Å². The number of ether oxygens (including phenoxy) is 1. The number of carboxylic acids is 1. The molecule has 1 N–H and O–H groups in total. The van der Waals surface area contributed by atoms with Gasteiger partial charge in [-0.15, -0.1) is 0 Å². The molecule has 3 nitrogen and oxygen atoms in total. The molecule has 1 saturated heterocycles. The third-order valence-corrected chi connectivity index (χ3v) is 3.53. The van der Waals surface area contributed by atoms with Gasteiger partial charge in [0.1, 0.15) is 0 Å². The van der Waals surface area contributed by atoms with Crippen LogP contribution in [0.1, 0.15) is 51.4 Å². The van der Waals surface area contributed by atoms with Crippen molar-refractivity contribution in [2.75, 3.05) is 0 Å². The van der Waals surface area contributed by atoms with Gasteiger partial charge in [0.15, 0.2) is 0 Å². The smallest absolute Gasteiger partial charge is 0.303 e. The molecule has 1 spiro atoms. The van der Waals surface area contributed by atoms with Gasteiger partial charge in [0, 0.05) is 6.42 Å². The minimum atomic E-state index is -0.707. The quantitative estimate of drug-likeness (QED) is 0.757. The lowest BCUT2D eigenvalue weighted by molar-refractivity contribution is -0.138. The predicted octanol–water partition coefficient (Wildman–Crippen LogP) is 2.34. The van der Waals surface area contributed by atoms with Crippen LogP contribution in [0.15, 0.2) is 0 Å². The van der Waals surface area contributed by atoms with E-state index in [2.05, 4.69) is 0 Å². The van der Waals surface area contributed by atoms with Crippen molar-refractivity contribution in [2.45, 2.75) is 63.1 Å². The van der Waals surface area contributed by atoms with Gasteiger partial charge in [-0.1, -0.05) is 12.8 Å². The molecule has 0 aromatic heterocycles. The second kappa shape index (κ2) is 3.89. The van der Waals surface area contributed by atoms with Crippen molar-refractivity contribution in [1.82, 2.24) is 0 Å². The van der Waals surface area contributed by atoms with E-state index >= 15 is 0 Å². The highest BCUT2D eigenvalue weighted by atomic mass is 16.5. The van der Waals surface area contributed by atoms with Gasteiger partial charge in [-0.2, -0.15) is 0 Å². The molecule has 3 heteroatoms. The normalized spacial score (nSPS) is 29.9. The molecule has 1 aliphatic heterocycles. The maximum atomic E-state index is 10.4. The molecular formula is C11H18O3. The summed E-state index contributed by atoms with van der Waals surface area (Å²) in [5, 5.41) is 8.58. The standard InChI is InChI=1S/C11H18O3/c12-10(13)4-3-9-5-8-11(14-9)6-1-2-7-11/h9H,1-8H2,(H,12,13). The average Bonchev–Trinajstić information content (AvgIpc) is 2.74. The molecular weight excluding hydrogens is 180 g/mol. The fraction of sp³-hybridized carbons (Fsp3) is 0.909. The molecule has 80 valence electrons. The van der Waals surface area contributed by atoms with Crippen molar-refractivity contribution in [3.63, 3.8) is 0 Å². The Morgan fingerprint density at radius 3 is 2.71 bits per heavy atom. The molecule has 14 heavy (non-hydrogen) atoms. The van der Waals surface area contributed by atoms with Crippen LogP contribution in [0.5, 0.6) is 0 Å². The van der Waals surface area contributed by atoms with Gasteiger partial charge in [-0.25, -0.2) is 0 Å². The molecule has 0 radical (unpaired) electrons. The molecule has 2 rings (SSSR count). The van der Waals surface area contributed by atoms with E-state index in [1.54, 1.807) is 0 Å². The molecule has 1 heterocycles. The summed E-state index contributed by atoms with van der Waals surface area (Å²) in [4.78, 5) is 10.4. The third kappa shape index (κ3) is 2.08. The van der Waals surface area contributed by atoms with Crippen molar-refractivity contribution >= 4 is 5.97 Å². The molecule has 0 aromatic rings. The predicted molar refractivity (Wildman–Crippen MR) is 52.2 cm³/mol. The zero-order chi connectivity index (χ0) is 10.0. The first-order valence-electron chi connectivity index (χ1n) is 5.60. The lowest BCUT2D eigenvalue weighted by atomic mass is 9.98. The van der Waals surface area contributed by atoms with Crippen LogP contribution < -0.4 is 0 Å². The zero-order valence-electron chi connectivity index (χ0n) is 8.50. The molecule has 0 bridgehead atoms. The second-order valence-corrected chi connectivity index (χ2v) is 4.60. The average molecular weight is 198 g/mol. The van der Waals surface area contributed by atoms with Crippen LogP contribution >= 0.6 is 0 Å². The summed E-state index contributed by atoms with van der Waals surface area (Å²) < 4.78 is 6.00. The molecule has 2 fully saturated rings. The number of hydrogen-bond acceptors (Lipinski definition) is 2. The van der Waals surface area contributed by atoms with E-state index in [0.29, 0.717) is 6.42 Å². The van der Waals surface area contributed by atoms with E-state index in [4.69, 9.17) is 9.84 Å². The highest BCUT2D eigenvalue weighted by Gasteiger charge is 2.41. The first kappa shape index (κ1) is 9.97. The minimum Gasteiger partial charge on any atom is -0.481 e. The molecule has 0 aromatic carbocycles. The summed E-state index contributed by atoms with van der Waals surface area (Å²) in [6, 6.07) is 0. The highest BCUT2D eigenvalue weighted by molar-refractivity contribution is 5.66. The van der Waals surface area contributed by atoms with Crippen LogP contribution in [-0.4, -0.2) is 22.8 Å². The maximum absolute atomic E-state index is 10.4. The maximum Gasteiger partial charge on any atom is 0.303 e. The third-order valence-electron chi connectivity index (χ3n) is 3.53. The van der Waals surface area contributed by atoms with E-state index in [9.17, 15) is 4.79 Å². The number of rotatable bonds is 3. The Balaban J connectivity index is 1.79. The summed E-state index contributed by atoms with van der Waals surface area (Å²) in [5.74, 6) is -0.707. The van der Waals surface area contributed by atoms with Gasteiger partial charge < -0.3 is 9.84 Å². The van der Waals surface area contributed by atoms with E-state index < -0.39 is 5.97 Å². The van der Waals surface area contributed by atoms with Gasteiger partial charge in [0.25, 0.3) is 0 Å². The van der Waals surface area contributed by atoms with Gasteiger partial charge in [-0.05, 0) is 32.1 Å². The summed E-state index contributed by atoms with van der Waals surface area (Å²) in [6.45, 7) is 0. The molecule has 1 unspecified atom stereocenters. The zero-order valence-corrected chi connectivity index (χ0v) is 8.50. The number of carbonyl (C=O) groups is 1. The molecule has 1 atom stereocenters. The van der Waals surface area contributed by atoms with Crippen LogP contribution in [0.4, 0.5) is 0 Å². The van der Waals surface area contributed by atoms with E-state index in [0.717, 1.165) is 12.8 Å². The number of aliphatic carboxylic acids is 1. The molecule has 2 aliphatic rings. The first-order valence-corrected chi connectivity index (χ1v) is 5.60. The SMILES string of the molecule is O=C(O)CCC1CCC2(CCCC2)O1. The molecule has 1 aliphatic carbocycles. The second-order valence-electron chi connectivity index (χ2n) is 4.60. The topological polar surface area (TPSA) is 46.5 Å². The van der Waals surface area contributed by atoms with Gasteiger partial charge in [-0.3, -0.25) is 4.79 Å². The monoisotopic (exact) mass is 198 g/mol. The largest absolute Gasteiger partial charge is 0.481 e. The number of carboxylic acid groups (broad SMARTS) is 1. The minimum absolute atomic E-state index is 0.156. The van der Waals surface area contributed by atoms with E-state index in [-0.39, 0.29) is 18.1 Å². The summed E-state index contributed by atoms with van der Waals surface area (Å²) in [5.41, 5.74) is 0.156. The Morgan fingerprint density at radius 1 is 1.36 bits per heavy atom. The fourth-order valence-electron chi connectivity index (χ4n) is 2.77. The van der Waals surface area contributed by atoms with Crippen LogP contribution in [0, 0.1) is 0 Å². The summed E-state index contributed by atoms with van der Waals surface area (Å²) in [6.07, 6.45) is 8.32. The van der Waals surface area contributed by atoms with Crippen molar-refractivity contribution < 1.29 is 14.6 Å². The molecule has 1 saturated carbocycles. The lowest BCUT2D eigenvalue weighted by Gasteiger charge is -2.23. The Bertz CT molecular complexity index is 219. The Labute approximate surface area is 84.4 Å². The van der Waals surface area contributed by atoms with Crippen LogP contribution in [0.2, 0.25) is 0 Å². The van der Waals surface area contributed by atoms with Gasteiger partial charge in [0.05, 0.1) is 11.7 Å². The highest BCUT2D eigenvalue weighted by Crippen LogP contribution is 2.44. The Hall–Kier alpha value is -0.570. The van der Waals surface area contributed by atoms with Crippen molar-refractivity contribution in [2.24, 2.45) is 0 Å².